The van der Waals surface area contributed by atoms with Gasteiger partial charge in [-0.15, -0.1) is 0 Å². The van der Waals surface area contributed by atoms with Crippen LogP contribution in [-0.4, -0.2) is 127 Å². The third kappa shape index (κ3) is 5.03. The monoisotopic (exact) mass is 356 g/mol. The van der Waals surface area contributed by atoms with Crippen molar-refractivity contribution in [2.75, 3.05) is 26.4 Å². The highest BCUT2D eigenvalue weighted by atomic mass is 16.4. The molecule has 0 bridgehead atoms. The lowest BCUT2D eigenvalue weighted by Crippen LogP contribution is -2.66. The fourth-order valence-corrected chi connectivity index (χ4v) is 2.62. The predicted octanol–water partition coefficient (Wildman–Crippen LogP) is -6.57. The summed E-state index contributed by atoms with van der Waals surface area (Å²) in [5.41, 5.74) is 0. The van der Waals surface area contributed by atoms with E-state index in [0.29, 0.717) is 0 Å². The number of hydrogen-bond acceptors (Lipinski definition) is 11. The molecule has 11 heteroatoms. The second-order valence-corrected chi connectivity index (χ2v) is 5.96. The fourth-order valence-electron chi connectivity index (χ4n) is 2.62. The number of piperidine rings is 2. The maximum absolute atomic E-state index is 9.31. The molecule has 9 atom stereocenters. The Kier molecular flexibility index (Phi) is 8.90. The standard InChI is InChI=1S/C7H15NO5.C6H13NO4/c9-1-3-5(11)7(13)6(12)4(2-10)8-3;8-2-3-5(10)6(11)4(9)1-7-3/h3-13H,1-2H2;3-11H,1-2H2/t3-,4-,5-,6+,7+;3-,4+,5-,6-/m11/s1. The molecular weight excluding hydrogens is 328 g/mol. The molecule has 11 nitrogen and oxygen atoms in total. The number of aliphatic hydroxyl groups is 9. The van der Waals surface area contributed by atoms with Crippen LogP contribution in [0.2, 0.25) is 0 Å². The molecule has 0 spiro atoms. The minimum absolute atomic E-state index is 0.198. The third-order valence-electron chi connectivity index (χ3n) is 4.29. The number of aliphatic hydroxyl groups excluding tert-OH is 9. The van der Waals surface area contributed by atoms with Crippen LogP contribution in [0.25, 0.3) is 0 Å². The molecule has 0 aromatic carbocycles. The Labute approximate surface area is 138 Å². The first-order chi connectivity index (χ1) is 11.3. The summed E-state index contributed by atoms with van der Waals surface area (Å²) in [6.07, 6.45) is -6.98. The molecule has 2 heterocycles. The van der Waals surface area contributed by atoms with Crippen LogP contribution in [0, 0.1) is 0 Å². The number of hydrogen-bond donors (Lipinski definition) is 11. The predicted molar refractivity (Wildman–Crippen MR) is 79.8 cm³/mol. The quantitative estimate of drug-likeness (QED) is 0.229. The molecule has 0 aromatic rings. The average molecular weight is 356 g/mol. The van der Waals surface area contributed by atoms with E-state index in [1.54, 1.807) is 0 Å². The van der Waals surface area contributed by atoms with Gasteiger partial charge in [0.15, 0.2) is 0 Å². The largest absolute Gasteiger partial charge is 0.395 e. The second kappa shape index (κ2) is 9.89. The molecule has 2 rings (SSSR count). The summed E-state index contributed by atoms with van der Waals surface area (Å²) in [6, 6.07) is -1.96. The zero-order valence-electron chi connectivity index (χ0n) is 13.0. The van der Waals surface area contributed by atoms with Crippen LogP contribution >= 0.6 is 0 Å². The van der Waals surface area contributed by atoms with Gasteiger partial charge in [0.2, 0.25) is 0 Å². The molecule has 2 aliphatic rings. The topological polar surface area (TPSA) is 206 Å². The molecule has 0 unspecified atom stereocenters. The zero-order valence-corrected chi connectivity index (χ0v) is 13.0. The Morgan fingerprint density at radius 1 is 0.583 bits per heavy atom. The van der Waals surface area contributed by atoms with Crippen LogP contribution < -0.4 is 10.6 Å². The SMILES string of the molecule is OC[C@H]1NC[C@H](O)[C@@H](O)[C@@H]1O.OC[C@H]1N[C@H](CO)[C@@H](O)[C@H](O)[C@H]1O. The summed E-state index contributed by atoms with van der Waals surface area (Å²) in [6.45, 7) is -0.767. The van der Waals surface area contributed by atoms with Crippen LogP contribution in [0.5, 0.6) is 0 Å². The van der Waals surface area contributed by atoms with Crippen molar-refractivity contribution in [2.24, 2.45) is 0 Å². The summed E-state index contributed by atoms with van der Waals surface area (Å²) in [5, 5.41) is 86.7. The van der Waals surface area contributed by atoms with Crippen molar-refractivity contribution >= 4 is 0 Å². The van der Waals surface area contributed by atoms with Gasteiger partial charge in [0.05, 0.1) is 62.4 Å². The second-order valence-electron chi connectivity index (χ2n) is 5.96. The Morgan fingerprint density at radius 3 is 1.42 bits per heavy atom. The molecule has 24 heavy (non-hydrogen) atoms. The number of β-amino-alcohol motifs (C(OH)–C–C–N with tert-alkyl or cyclic N) is 1. The molecule has 2 saturated heterocycles. The van der Waals surface area contributed by atoms with Crippen LogP contribution in [-0.2, 0) is 0 Å². The first-order valence-electron chi connectivity index (χ1n) is 7.68. The summed E-state index contributed by atoms with van der Waals surface area (Å²) in [7, 11) is 0. The zero-order chi connectivity index (χ0) is 18.4. The number of rotatable bonds is 3. The summed E-state index contributed by atoms with van der Waals surface area (Å²) >= 11 is 0. The maximum atomic E-state index is 9.31. The molecular formula is C13H28N2O9. The van der Waals surface area contributed by atoms with E-state index in [9.17, 15) is 20.4 Å². The smallest absolute Gasteiger partial charge is 0.109 e. The highest BCUT2D eigenvalue weighted by molar-refractivity contribution is 4.97. The lowest BCUT2D eigenvalue weighted by atomic mass is 9.91. The highest BCUT2D eigenvalue weighted by Crippen LogP contribution is 2.15. The minimum Gasteiger partial charge on any atom is -0.395 e. The van der Waals surface area contributed by atoms with E-state index >= 15 is 0 Å². The maximum Gasteiger partial charge on any atom is 0.109 e. The summed E-state index contributed by atoms with van der Waals surface area (Å²) in [5.74, 6) is 0. The minimum atomic E-state index is -1.34. The van der Waals surface area contributed by atoms with Crippen molar-refractivity contribution in [3.05, 3.63) is 0 Å². The van der Waals surface area contributed by atoms with Crippen molar-refractivity contribution in [3.8, 4) is 0 Å². The highest BCUT2D eigenvalue weighted by Gasteiger charge is 2.41. The van der Waals surface area contributed by atoms with Crippen LogP contribution in [0.4, 0.5) is 0 Å². The van der Waals surface area contributed by atoms with Gasteiger partial charge < -0.3 is 56.6 Å². The summed E-state index contributed by atoms with van der Waals surface area (Å²) in [4.78, 5) is 0. The van der Waals surface area contributed by atoms with Gasteiger partial charge in [-0.3, -0.25) is 0 Å². The number of nitrogens with one attached hydrogen (secondary N) is 2. The fraction of sp³-hybridized carbons (Fsp3) is 1.00. The third-order valence-corrected chi connectivity index (χ3v) is 4.29. The van der Waals surface area contributed by atoms with Gasteiger partial charge in [-0.1, -0.05) is 0 Å². The van der Waals surface area contributed by atoms with Gasteiger partial charge in [0.1, 0.15) is 12.2 Å². The van der Waals surface area contributed by atoms with E-state index in [4.69, 9.17) is 25.5 Å². The summed E-state index contributed by atoms with van der Waals surface area (Å²) < 4.78 is 0. The lowest BCUT2D eigenvalue weighted by Gasteiger charge is -2.40. The van der Waals surface area contributed by atoms with Crippen molar-refractivity contribution in [1.29, 1.82) is 0 Å². The van der Waals surface area contributed by atoms with E-state index < -0.39 is 54.7 Å². The molecule has 0 amide bonds. The van der Waals surface area contributed by atoms with E-state index in [1.807, 2.05) is 0 Å². The Hall–Kier alpha value is -0.440. The molecule has 2 fully saturated rings. The molecule has 0 saturated carbocycles. The van der Waals surface area contributed by atoms with Gasteiger partial charge in [-0.2, -0.15) is 0 Å². The first kappa shape index (κ1) is 21.6. The molecule has 144 valence electrons. The van der Waals surface area contributed by atoms with E-state index in [1.165, 1.54) is 0 Å². The van der Waals surface area contributed by atoms with Gasteiger partial charge >= 0.3 is 0 Å². The first-order valence-corrected chi connectivity index (χ1v) is 7.68. The molecule has 0 aliphatic carbocycles. The van der Waals surface area contributed by atoms with Crippen LogP contribution in [0.1, 0.15) is 0 Å². The molecule has 0 aromatic heterocycles. The van der Waals surface area contributed by atoms with Gasteiger partial charge in [0, 0.05) is 6.54 Å². The van der Waals surface area contributed by atoms with E-state index in [2.05, 4.69) is 10.6 Å². The average Bonchev–Trinajstić information content (AvgIpc) is 2.59. The van der Waals surface area contributed by atoms with Crippen LogP contribution in [0.15, 0.2) is 0 Å². The Balaban J connectivity index is 0.000000243. The van der Waals surface area contributed by atoms with Crippen molar-refractivity contribution in [3.63, 3.8) is 0 Å². The van der Waals surface area contributed by atoms with E-state index in [0.717, 1.165) is 0 Å². The van der Waals surface area contributed by atoms with Crippen LogP contribution in [0.3, 0.4) is 0 Å². The van der Waals surface area contributed by atoms with Gasteiger partial charge in [-0.25, -0.2) is 0 Å². The Bertz CT molecular complexity index is 342. The Morgan fingerprint density at radius 2 is 1.00 bits per heavy atom. The molecule has 0 radical (unpaired) electrons. The van der Waals surface area contributed by atoms with E-state index in [-0.39, 0.29) is 26.4 Å². The lowest BCUT2D eigenvalue weighted by molar-refractivity contribution is -0.125. The van der Waals surface area contributed by atoms with Crippen molar-refractivity contribution in [1.82, 2.24) is 10.6 Å². The molecule has 11 N–H and O–H groups in total. The molecule has 2 aliphatic heterocycles. The van der Waals surface area contributed by atoms with Crippen molar-refractivity contribution in [2.45, 2.75) is 54.7 Å². The van der Waals surface area contributed by atoms with Crippen molar-refractivity contribution < 1.29 is 46.0 Å². The normalized spacial score (nSPS) is 46.1. The van der Waals surface area contributed by atoms with Gasteiger partial charge in [-0.05, 0) is 0 Å². The van der Waals surface area contributed by atoms with Gasteiger partial charge in [0.25, 0.3) is 0 Å².